The van der Waals surface area contributed by atoms with Crippen molar-refractivity contribution in [2.45, 2.75) is 26.3 Å². The van der Waals surface area contributed by atoms with E-state index < -0.39 is 5.97 Å². The van der Waals surface area contributed by atoms with Crippen LogP contribution in [-0.2, 0) is 16.1 Å². The van der Waals surface area contributed by atoms with Gasteiger partial charge in [-0.2, -0.15) is 0 Å². The summed E-state index contributed by atoms with van der Waals surface area (Å²) in [7, 11) is 1.80. The van der Waals surface area contributed by atoms with Gasteiger partial charge >= 0.3 is 5.97 Å². The summed E-state index contributed by atoms with van der Waals surface area (Å²) in [6.07, 6.45) is 1.55. The molecule has 0 saturated carbocycles. The molecule has 0 unspecified atom stereocenters. The number of piperidine rings is 1. The predicted molar refractivity (Wildman–Crippen MR) is 84.5 cm³/mol. The molecule has 1 amide bonds. The van der Waals surface area contributed by atoms with Crippen LogP contribution in [-0.4, -0.2) is 53.5 Å². The van der Waals surface area contributed by atoms with E-state index in [9.17, 15) is 9.59 Å². The summed E-state index contributed by atoms with van der Waals surface area (Å²) in [5, 5.41) is 9.10. The quantitative estimate of drug-likeness (QED) is 0.900. The minimum absolute atomic E-state index is 0.0364. The van der Waals surface area contributed by atoms with Crippen molar-refractivity contribution >= 4 is 11.9 Å². The number of carbonyl (C=O) groups excluding carboxylic acids is 1. The highest BCUT2D eigenvalue weighted by atomic mass is 16.4. The number of nitrogens with zero attached hydrogens (tertiary/aromatic N) is 2. The molecule has 0 spiro atoms. The number of amides is 1. The third-order valence-electron chi connectivity index (χ3n) is 4.31. The maximum Gasteiger partial charge on any atom is 0.307 e. The number of benzene rings is 1. The second kappa shape index (κ2) is 7.40. The first-order chi connectivity index (χ1) is 10.5. The average Bonchev–Trinajstić information content (AvgIpc) is 2.49. The Morgan fingerprint density at radius 3 is 2.77 bits per heavy atom. The minimum Gasteiger partial charge on any atom is -0.481 e. The first-order valence-corrected chi connectivity index (χ1v) is 7.71. The van der Waals surface area contributed by atoms with E-state index >= 15 is 0 Å². The lowest BCUT2D eigenvalue weighted by molar-refractivity contribution is -0.144. The van der Waals surface area contributed by atoms with Gasteiger partial charge in [0.25, 0.3) is 0 Å². The Kier molecular flexibility index (Phi) is 5.55. The van der Waals surface area contributed by atoms with Crippen LogP contribution in [0.2, 0.25) is 0 Å². The van der Waals surface area contributed by atoms with Crippen LogP contribution < -0.4 is 0 Å². The molecular formula is C17H24N2O3. The fraction of sp³-hybridized carbons (Fsp3) is 0.529. The fourth-order valence-electron chi connectivity index (χ4n) is 2.84. The van der Waals surface area contributed by atoms with E-state index in [-0.39, 0.29) is 11.8 Å². The fourth-order valence-corrected chi connectivity index (χ4v) is 2.84. The van der Waals surface area contributed by atoms with Gasteiger partial charge in [-0.15, -0.1) is 0 Å². The van der Waals surface area contributed by atoms with Gasteiger partial charge in [-0.05, 0) is 37.4 Å². The van der Waals surface area contributed by atoms with E-state index in [4.69, 9.17) is 5.11 Å². The number of likely N-dealkylation sites (tertiary alicyclic amines) is 1. The van der Waals surface area contributed by atoms with Gasteiger partial charge in [0.2, 0.25) is 5.91 Å². The molecule has 1 aliphatic heterocycles. The standard InChI is InChI=1S/C17H24N2O3/c1-13-6-3-4-7-14(13)10-18(2)16(20)12-19-9-5-8-15(11-19)17(21)22/h3-4,6-7,15H,5,8-12H2,1-2H3,(H,21,22)/t15-/m1/s1. The first-order valence-electron chi connectivity index (χ1n) is 7.71. The van der Waals surface area contributed by atoms with Crippen molar-refractivity contribution in [2.75, 3.05) is 26.7 Å². The highest BCUT2D eigenvalue weighted by Crippen LogP contribution is 2.17. The molecule has 22 heavy (non-hydrogen) atoms. The summed E-state index contributed by atoms with van der Waals surface area (Å²) < 4.78 is 0. The number of aryl methyl sites for hydroxylation is 1. The molecule has 1 heterocycles. The molecule has 2 rings (SSSR count). The Bertz CT molecular complexity index is 544. The number of likely N-dealkylation sites (N-methyl/N-ethyl adjacent to an activating group) is 1. The van der Waals surface area contributed by atoms with Gasteiger partial charge in [-0.25, -0.2) is 0 Å². The molecule has 0 aliphatic carbocycles. The number of carbonyl (C=O) groups is 2. The smallest absolute Gasteiger partial charge is 0.307 e. The second-order valence-electron chi connectivity index (χ2n) is 6.09. The lowest BCUT2D eigenvalue weighted by Crippen LogP contribution is -2.44. The highest BCUT2D eigenvalue weighted by Gasteiger charge is 2.27. The average molecular weight is 304 g/mol. The van der Waals surface area contributed by atoms with Crippen LogP contribution in [0.15, 0.2) is 24.3 Å². The lowest BCUT2D eigenvalue weighted by atomic mass is 9.98. The molecule has 0 radical (unpaired) electrons. The van der Waals surface area contributed by atoms with Crippen molar-refractivity contribution in [1.29, 1.82) is 0 Å². The second-order valence-corrected chi connectivity index (χ2v) is 6.09. The zero-order chi connectivity index (χ0) is 16.1. The summed E-state index contributed by atoms with van der Waals surface area (Å²) in [5.74, 6) is -1.07. The number of rotatable bonds is 5. The van der Waals surface area contributed by atoms with Crippen LogP contribution in [0.5, 0.6) is 0 Å². The summed E-state index contributed by atoms with van der Waals surface area (Å²) in [6.45, 7) is 4.19. The number of carboxylic acids is 1. The van der Waals surface area contributed by atoms with Crippen molar-refractivity contribution in [1.82, 2.24) is 9.80 Å². The summed E-state index contributed by atoms with van der Waals surface area (Å²) >= 11 is 0. The predicted octanol–water partition coefficient (Wildman–Crippen LogP) is 1.75. The molecule has 5 heteroatoms. The molecule has 1 saturated heterocycles. The van der Waals surface area contributed by atoms with Crippen molar-refractivity contribution in [3.05, 3.63) is 35.4 Å². The van der Waals surface area contributed by atoms with Gasteiger partial charge < -0.3 is 10.0 Å². The first kappa shape index (κ1) is 16.5. The molecule has 1 aromatic carbocycles. The number of hydrogen-bond donors (Lipinski definition) is 1. The maximum absolute atomic E-state index is 12.3. The topological polar surface area (TPSA) is 60.9 Å². The molecule has 1 N–H and O–H groups in total. The van der Waals surface area contributed by atoms with E-state index in [2.05, 4.69) is 0 Å². The van der Waals surface area contributed by atoms with Gasteiger partial charge in [0.05, 0.1) is 12.5 Å². The molecule has 120 valence electrons. The SMILES string of the molecule is Cc1ccccc1CN(C)C(=O)CN1CCC[C@@H](C(=O)O)C1. The van der Waals surface area contributed by atoms with Crippen molar-refractivity contribution in [3.63, 3.8) is 0 Å². The molecule has 0 bridgehead atoms. The summed E-state index contributed by atoms with van der Waals surface area (Å²) in [6, 6.07) is 8.03. The Morgan fingerprint density at radius 1 is 1.36 bits per heavy atom. The third kappa shape index (κ3) is 4.31. The minimum atomic E-state index is -0.759. The zero-order valence-corrected chi connectivity index (χ0v) is 13.3. The third-order valence-corrected chi connectivity index (χ3v) is 4.31. The van der Waals surface area contributed by atoms with Gasteiger partial charge in [-0.1, -0.05) is 24.3 Å². The molecule has 1 aromatic rings. The highest BCUT2D eigenvalue weighted by molar-refractivity contribution is 5.78. The Hall–Kier alpha value is -1.88. The van der Waals surface area contributed by atoms with Crippen molar-refractivity contribution < 1.29 is 14.7 Å². The largest absolute Gasteiger partial charge is 0.481 e. The normalized spacial score (nSPS) is 18.9. The van der Waals surface area contributed by atoms with Crippen LogP contribution >= 0.6 is 0 Å². The van der Waals surface area contributed by atoms with Gasteiger partial charge in [0, 0.05) is 20.1 Å². The van der Waals surface area contributed by atoms with Gasteiger partial charge in [0.1, 0.15) is 0 Å². The van der Waals surface area contributed by atoms with Crippen LogP contribution in [0.3, 0.4) is 0 Å². The zero-order valence-electron chi connectivity index (χ0n) is 13.3. The van der Waals surface area contributed by atoms with E-state index in [1.165, 1.54) is 5.56 Å². The number of aliphatic carboxylic acids is 1. The Morgan fingerprint density at radius 2 is 2.09 bits per heavy atom. The Labute approximate surface area is 131 Å². The molecular weight excluding hydrogens is 280 g/mol. The Balaban J connectivity index is 1.88. The van der Waals surface area contributed by atoms with E-state index in [1.807, 2.05) is 36.1 Å². The van der Waals surface area contributed by atoms with Gasteiger partial charge in [0.15, 0.2) is 0 Å². The molecule has 1 atom stereocenters. The molecule has 1 aliphatic rings. The van der Waals surface area contributed by atoms with Gasteiger partial charge in [-0.3, -0.25) is 14.5 Å². The summed E-state index contributed by atoms with van der Waals surface area (Å²) in [5.41, 5.74) is 2.31. The van der Waals surface area contributed by atoms with E-state index in [0.717, 1.165) is 18.5 Å². The van der Waals surface area contributed by atoms with E-state index in [1.54, 1.807) is 11.9 Å². The van der Waals surface area contributed by atoms with E-state index in [0.29, 0.717) is 26.1 Å². The molecule has 0 aromatic heterocycles. The maximum atomic E-state index is 12.3. The number of carboxylic acid groups (broad SMARTS) is 1. The molecule has 5 nitrogen and oxygen atoms in total. The van der Waals surface area contributed by atoms with Crippen LogP contribution in [0.4, 0.5) is 0 Å². The van der Waals surface area contributed by atoms with Crippen molar-refractivity contribution in [3.8, 4) is 0 Å². The van der Waals surface area contributed by atoms with Crippen LogP contribution in [0.1, 0.15) is 24.0 Å². The van der Waals surface area contributed by atoms with Crippen LogP contribution in [0, 0.1) is 12.8 Å². The monoisotopic (exact) mass is 304 g/mol. The number of hydrogen-bond acceptors (Lipinski definition) is 3. The summed E-state index contributed by atoms with van der Waals surface area (Å²) in [4.78, 5) is 27.1. The lowest BCUT2D eigenvalue weighted by Gasteiger charge is -2.31. The van der Waals surface area contributed by atoms with Crippen molar-refractivity contribution in [2.24, 2.45) is 5.92 Å². The molecule has 1 fully saturated rings. The van der Waals surface area contributed by atoms with Crippen LogP contribution in [0.25, 0.3) is 0 Å².